The van der Waals surface area contributed by atoms with Gasteiger partial charge in [0, 0.05) is 57.9 Å². The van der Waals surface area contributed by atoms with Gasteiger partial charge in [-0.15, -0.1) is 0 Å². The van der Waals surface area contributed by atoms with Crippen LogP contribution in [0.2, 0.25) is 0 Å². The number of benzene rings is 1. The van der Waals surface area contributed by atoms with Gasteiger partial charge in [-0.1, -0.05) is 18.2 Å². The molecule has 0 spiro atoms. The average Bonchev–Trinajstić information content (AvgIpc) is 2.94. The highest BCUT2D eigenvalue weighted by Crippen LogP contribution is 2.31. The highest BCUT2D eigenvalue weighted by atomic mass is 32.2. The first-order valence-corrected chi connectivity index (χ1v) is 10.6. The van der Waals surface area contributed by atoms with Gasteiger partial charge >= 0.3 is 0 Å². The minimum Gasteiger partial charge on any atom is -0.294 e. The lowest BCUT2D eigenvalue weighted by molar-refractivity contribution is 0.125. The van der Waals surface area contributed by atoms with Gasteiger partial charge in [-0.25, -0.2) is 0 Å². The Morgan fingerprint density at radius 1 is 1.12 bits per heavy atom. The number of piperidine rings is 1. The van der Waals surface area contributed by atoms with Crippen molar-refractivity contribution in [2.24, 2.45) is 5.92 Å². The number of pyridine rings is 1. The first kappa shape index (κ1) is 17.9. The van der Waals surface area contributed by atoms with Crippen molar-refractivity contribution >= 4 is 21.1 Å². The number of hydrogen-bond donors (Lipinski definition) is 0. The van der Waals surface area contributed by atoms with E-state index in [1.54, 1.807) is 18.4 Å². The van der Waals surface area contributed by atoms with E-state index in [0.717, 1.165) is 31.4 Å². The third kappa shape index (κ3) is 3.24. The molecule has 6 nitrogen and oxygen atoms in total. The summed E-state index contributed by atoms with van der Waals surface area (Å²) in [5, 5.41) is 1.19. The van der Waals surface area contributed by atoms with Crippen LogP contribution in [0.3, 0.4) is 0 Å². The quantitative estimate of drug-likeness (QED) is 0.821. The second-order valence-electron chi connectivity index (χ2n) is 7.62. The van der Waals surface area contributed by atoms with Gasteiger partial charge in [-0.05, 0) is 36.5 Å². The second kappa shape index (κ2) is 6.88. The topological polar surface area (TPSA) is 56.8 Å². The summed E-state index contributed by atoms with van der Waals surface area (Å²) in [6, 6.07) is 10.6. The molecule has 2 aromatic rings. The molecule has 0 aliphatic carbocycles. The molecule has 5 rings (SSSR count). The van der Waals surface area contributed by atoms with Crippen LogP contribution in [0.4, 0.5) is 0 Å². The summed E-state index contributed by atoms with van der Waals surface area (Å²) < 4.78 is 28.3. The highest BCUT2D eigenvalue weighted by molar-refractivity contribution is 7.86. The Balaban J connectivity index is 1.59. The fourth-order valence-electron chi connectivity index (χ4n) is 4.26. The fourth-order valence-corrected chi connectivity index (χ4v) is 5.48. The Kier molecular flexibility index (Phi) is 4.73. The summed E-state index contributed by atoms with van der Waals surface area (Å²) in [7, 11) is -0.122. The maximum absolute atomic E-state index is 12.6. The average molecular weight is 375 g/mol. The highest BCUT2D eigenvalue weighted by Gasteiger charge is 2.39. The van der Waals surface area contributed by atoms with Crippen molar-refractivity contribution in [2.45, 2.75) is 25.4 Å². The summed E-state index contributed by atoms with van der Waals surface area (Å²) in [5.74, 6) is 0.400. The zero-order valence-corrected chi connectivity index (χ0v) is 16.2. The number of fused-ring (bicyclic) bond motifs is 5. The van der Waals surface area contributed by atoms with E-state index in [2.05, 4.69) is 22.0 Å². The van der Waals surface area contributed by atoms with Crippen LogP contribution < -0.4 is 0 Å². The molecule has 3 saturated heterocycles. The molecule has 26 heavy (non-hydrogen) atoms. The van der Waals surface area contributed by atoms with E-state index < -0.39 is 10.2 Å². The van der Waals surface area contributed by atoms with Gasteiger partial charge in [0.1, 0.15) is 0 Å². The Morgan fingerprint density at radius 3 is 2.73 bits per heavy atom. The van der Waals surface area contributed by atoms with E-state index in [9.17, 15) is 8.42 Å². The number of hydrogen-bond acceptors (Lipinski definition) is 4. The minimum atomic E-state index is -3.35. The maximum Gasteiger partial charge on any atom is 0.281 e. The first-order valence-electron chi connectivity index (χ1n) is 9.19. The number of rotatable bonds is 4. The summed E-state index contributed by atoms with van der Waals surface area (Å²) in [4.78, 5) is 6.93. The molecule has 1 aromatic carbocycles. The van der Waals surface area contributed by atoms with E-state index in [1.807, 2.05) is 24.4 Å². The third-order valence-electron chi connectivity index (χ3n) is 5.69. The molecular weight excluding hydrogens is 348 g/mol. The van der Waals surface area contributed by atoms with Gasteiger partial charge in [-0.2, -0.15) is 17.0 Å². The lowest BCUT2D eigenvalue weighted by Gasteiger charge is -2.36. The molecule has 0 amide bonds. The summed E-state index contributed by atoms with van der Waals surface area (Å²) >= 11 is 0. The van der Waals surface area contributed by atoms with E-state index in [1.165, 1.54) is 15.3 Å². The SMILES string of the molecule is CN(C)S(=O)(=O)N1C[C@@H]2CC[C@H](C1)N(Cc1ccnc3ccccc13)C2. The number of para-hydroxylation sites is 1. The van der Waals surface area contributed by atoms with Crippen LogP contribution in [0.5, 0.6) is 0 Å². The molecule has 0 radical (unpaired) electrons. The summed E-state index contributed by atoms with van der Waals surface area (Å²) in [5.41, 5.74) is 2.28. The smallest absolute Gasteiger partial charge is 0.281 e. The van der Waals surface area contributed by atoms with Gasteiger partial charge in [0.25, 0.3) is 10.2 Å². The standard InChI is InChI=1S/C19H26N4O2S/c1-21(2)26(24,25)23-12-15-7-8-17(14-23)22(11-15)13-16-9-10-20-19-6-4-3-5-18(16)19/h3-6,9-10,15,17H,7-8,11-14H2,1-2H3/t15-,17-/m1/s1. The van der Waals surface area contributed by atoms with Crippen molar-refractivity contribution in [3.8, 4) is 0 Å². The van der Waals surface area contributed by atoms with Crippen LogP contribution in [0.1, 0.15) is 18.4 Å². The minimum absolute atomic E-state index is 0.274. The van der Waals surface area contributed by atoms with Crippen LogP contribution in [0.15, 0.2) is 36.5 Å². The maximum atomic E-state index is 12.6. The zero-order chi connectivity index (χ0) is 18.3. The van der Waals surface area contributed by atoms with Crippen molar-refractivity contribution in [3.63, 3.8) is 0 Å². The van der Waals surface area contributed by atoms with E-state index in [4.69, 9.17) is 0 Å². The predicted molar refractivity (Wildman–Crippen MR) is 103 cm³/mol. The molecule has 0 unspecified atom stereocenters. The van der Waals surface area contributed by atoms with Gasteiger partial charge in [-0.3, -0.25) is 9.88 Å². The van der Waals surface area contributed by atoms with E-state index >= 15 is 0 Å². The zero-order valence-electron chi connectivity index (χ0n) is 15.4. The van der Waals surface area contributed by atoms with Crippen molar-refractivity contribution in [2.75, 3.05) is 33.7 Å². The van der Waals surface area contributed by atoms with Crippen molar-refractivity contribution in [1.82, 2.24) is 18.5 Å². The Morgan fingerprint density at radius 2 is 1.92 bits per heavy atom. The van der Waals surface area contributed by atoms with Crippen LogP contribution in [0.25, 0.3) is 10.9 Å². The molecule has 0 saturated carbocycles. The monoisotopic (exact) mass is 374 g/mol. The Hall–Kier alpha value is -1.54. The fraction of sp³-hybridized carbons (Fsp3) is 0.526. The molecule has 0 N–H and O–H groups in total. The molecule has 7 heteroatoms. The third-order valence-corrected chi connectivity index (χ3v) is 7.57. The van der Waals surface area contributed by atoms with Crippen molar-refractivity contribution in [3.05, 3.63) is 42.1 Å². The second-order valence-corrected chi connectivity index (χ2v) is 9.76. The lowest BCUT2D eigenvalue weighted by Crippen LogP contribution is -2.45. The van der Waals surface area contributed by atoms with Crippen molar-refractivity contribution < 1.29 is 8.42 Å². The first-order chi connectivity index (χ1) is 12.4. The van der Waals surface area contributed by atoms with Crippen LogP contribution in [0, 0.1) is 5.92 Å². The molecule has 140 valence electrons. The van der Waals surface area contributed by atoms with Gasteiger partial charge in [0.15, 0.2) is 0 Å². The molecule has 2 bridgehead atoms. The van der Waals surface area contributed by atoms with Gasteiger partial charge in [0.2, 0.25) is 0 Å². The number of aromatic nitrogens is 1. The van der Waals surface area contributed by atoms with Gasteiger partial charge in [0.05, 0.1) is 5.52 Å². The predicted octanol–water partition coefficient (Wildman–Crippen LogP) is 1.94. The molecule has 4 heterocycles. The van der Waals surface area contributed by atoms with Crippen LogP contribution in [-0.4, -0.2) is 66.7 Å². The summed E-state index contributed by atoms with van der Waals surface area (Å²) in [6.07, 6.45) is 4.04. The molecular formula is C19H26N4O2S. The van der Waals surface area contributed by atoms with Crippen LogP contribution >= 0.6 is 0 Å². The van der Waals surface area contributed by atoms with E-state index in [-0.39, 0.29) is 6.04 Å². The Bertz CT molecular complexity index is 894. The van der Waals surface area contributed by atoms with Crippen LogP contribution in [-0.2, 0) is 16.8 Å². The number of nitrogens with zero attached hydrogens (tertiary/aromatic N) is 4. The van der Waals surface area contributed by atoms with E-state index in [0.29, 0.717) is 19.0 Å². The van der Waals surface area contributed by atoms with Gasteiger partial charge < -0.3 is 0 Å². The molecule has 2 atom stereocenters. The summed E-state index contributed by atoms with van der Waals surface area (Å²) in [6.45, 7) is 3.02. The molecule has 1 aromatic heterocycles. The molecule has 3 aliphatic rings. The normalized spacial score (nSPS) is 25.0. The van der Waals surface area contributed by atoms with Crippen molar-refractivity contribution in [1.29, 1.82) is 0 Å². The lowest BCUT2D eigenvalue weighted by atomic mass is 9.94. The Labute approximate surface area is 155 Å². The molecule has 3 fully saturated rings. The molecule has 3 aliphatic heterocycles. The largest absolute Gasteiger partial charge is 0.294 e.